The Morgan fingerprint density at radius 1 is 1.21 bits per heavy atom. The van der Waals surface area contributed by atoms with E-state index in [-0.39, 0.29) is 17.6 Å². The van der Waals surface area contributed by atoms with Gasteiger partial charge in [-0.15, -0.1) is 0 Å². The molecule has 2 fully saturated rings. The Balaban J connectivity index is 1.68. The molecule has 0 radical (unpaired) electrons. The second-order valence-electron chi connectivity index (χ2n) is 7.68. The third-order valence-electron chi connectivity index (χ3n) is 6.03. The molecule has 152 valence electrons. The summed E-state index contributed by atoms with van der Waals surface area (Å²) < 4.78 is 31.7. The quantitative estimate of drug-likeness (QED) is 0.802. The Labute approximate surface area is 168 Å². The summed E-state index contributed by atoms with van der Waals surface area (Å²) in [4.78, 5) is 14.7. The van der Waals surface area contributed by atoms with Crippen LogP contribution in [0.25, 0.3) is 11.1 Å². The third-order valence-corrected chi connectivity index (χ3v) is 6.03. The minimum Gasteiger partial charge on any atom is -0.477 e. The van der Waals surface area contributed by atoms with Gasteiger partial charge < -0.3 is 19.1 Å². The number of anilines is 1. The van der Waals surface area contributed by atoms with Crippen molar-refractivity contribution in [3.8, 4) is 16.9 Å². The fraction of sp³-hybridized carbons (Fsp3) is 0.409. The van der Waals surface area contributed by atoms with Gasteiger partial charge in [-0.3, -0.25) is 5.32 Å². The molecule has 5 rings (SSSR count). The minimum absolute atomic E-state index is 0.181. The highest BCUT2D eigenvalue weighted by atomic mass is 19.1. The van der Waals surface area contributed by atoms with Crippen molar-refractivity contribution < 1.29 is 23.4 Å². The molecule has 2 aromatic rings. The number of methoxy groups -OCH3 is 1. The number of esters is 1. The maximum Gasteiger partial charge on any atom is 0.340 e. The zero-order chi connectivity index (χ0) is 20.0. The summed E-state index contributed by atoms with van der Waals surface area (Å²) in [5, 5.41) is 3.15. The maximum absolute atomic E-state index is 15.2. The Morgan fingerprint density at radius 2 is 2.00 bits per heavy atom. The normalized spacial score (nSPS) is 22.8. The summed E-state index contributed by atoms with van der Waals surface area (Å²) in [5.74, 6) is -0.316. The van der Waals surface area contributed by atoms with Crippen molar-refractivity contribution in [2.45, 2.75) is 31.5 Å². The van der Waals surface area contributed by atoms with Gasteiger partial charge in [0.25, 0.3) is 0 Å². The van der Waals surface area contributed by atoms with Crippen molar-refractivity contribution in [3.05, 3.63) is 47.3 Å². The highest BCUT2D eigenvalue weighted by Gasteiger charge is 2.39. The number of benzene rings is 2. The Morgan fingerprint density at radius 3 is 2.76 bits per heavy atom. The molecule has 2 saturated heterocycles. The molecule has 3 aliphatic heterocycles. The van der Waals surface area contributed by atoms with E-state index in [0.717, 1.165) is 18.4 Å². The van der Waals surface area contributed by atoms with Crippen LogP contribution in [0.5, 0.6) is 5.75 Å². The molecule has 0 amide bonds. The first-order valence-electron chi connectivity index (χ1n) is 9.91. The summed E-state index contributed by atoms with van der Waals surface area (Å²) in [5.41, 5.74) is 3.06. The van der Waals surface area contributed by atoms with Gasteiger partial charge in [-0.05, 0) is 25.0 Å². The van der Waals surface area contributed by atoms with Crippen molar-refractivity contribution >= 4 is 11.7 Å². The SMILES string of the molecule is COC(=O)c1cc(F)c(-c2cccc3c2OCNC3)cc1N1C2CC[C@@H]1COC2. The molecule has 1 unspecified atom stereocenters. The predicted molar refractivity (Wildman–Crippen MR) is 106 cm³/mol. The summed E-state index contributed by atoms with van der Waals surface area (Å²) >= 11 is 0. The number of ether oxygens (including phenoxy) is 3. The van der Waals surface area contributed by atoms with Gasteiger partial charge in [0.05, 0.1) is 43.7 Å². The van der Waals surface area contributed by atoms with Gasteiger partial charge in [0.15, 0.2) is 0 Å². The third kappa shape index (κ3) is 3.05. The molecule has 29 heavy (non-hydrogen) atoms. The van der Waals surface area contributed by atoms with Crippen LogP contribution in [0.4, 0.5) is 10.1 Å². The number of fused-ring (bicyclic) bond motifs is 3. The molecular formula is C22H23FN2O4. The van der Waals surface area contributed by atoms with E-state index in [1.807, 2.05) is 18.2 Å². The Hall–Kier alpha value is -2.64. The molecular weight excluding hydrogens is 375 g/mol. The van der Waals surface area contributed by atoms with Gasteiger partial charge in [-0.2, -0.15) is 0 Å². The zero-order valence-electron chi connectivity index (χ0n) is 16.2. The molecule has 0 spiro atoms. The fourth-order valence-electron chi connectivity index (χ4n) is 4.69. The summed E-state index contributed by atoms with van der Waals surface area (Å²) in [7, 11) is 1.32. The van der Waals surface area contributed by atoms with Gasteiger partial charge in [-0.25, -0.2) is 9.18 Å². The number of para-hydroxylation sites is 1. The number of morpholine rings is 1. The number of rotatable bonds is 3. The second-order valence-corrected chi connectivity index (χ2v) is 7.68. The monoisotopic (exact) mass is 398 g/mol. The van der Waals surface area contributed by atoms with Gasteiger partial charge >= 0.3 is 5.97 Å². The van der Waals surface area contributed by atoms with E-state index in [9.17, 15) is 4.79 Å². The molecule has 0 aromatic heterocycles. The van der Waals surface area contributed by atoms with Gasteiger partial charge in [0.1, 0.15) is 18.3 Å². The summed E-state index contributed by atoms with van der Waals surface area (Å²) in [6.07, 6.45) is 1.99. The lowest BCUT2D eigenvalue weighted by molar-refractivity contribution is 0.0598. The molecule has 3 aliphatic rings. The van der Waals surface area contributed by atoms with E-state index >= 15 is 4.39 Å². The van der Waals surface area contributed by atoms with Crippen LogP contribution in [0.2, 0.25) is 0 Å². The van der Waals surface area contributed by atoms with E-state index in [2.05, 4.69) is 10.2 Å². The lowest BCUT2D eigenvalue weighted by Gasteiger charge is -2.37. The second kappa shape index (κ2) is 7.31. The number of hydrogen-bond donors (Lipinski definition) is 1. The standard InChI is InChI=1S/C22H23FN2O4/c1-27-22(26)18-7-19(23)17(16-4-2-3-13-9-24-12-29-21(13)16)8-20(18)25-14-5-6-15(25)11-28-10-14/h2-4,7-8,14-15,24H,5-6,9-12H2,1H3/t14-,15?/m1/s1. The molecule has 7 heteroatoms. The first-order chi connectivity index (χ1) is 14.2. The van der Waals surface area contributed by atoms with E-state index in [4.69, 9.17) is 14.2 Å². The van der Waals surface area contributed by atoms with Gasteiger partial charge in [0, 0.05) is 23.2 Å². The molecule has 6 nitrogen and oxygen atoms in total. The first-order valence-corrected chi connectivity index (χ1v) is 9.91. The average molecular weight is 398 g/mol. The minimum atomic E-state index is -0.535. The number of nitrogens with one attached hydrogen (secondary N) is 1. The van der Waals surface area contributed by atoms with Crippen LogP contribution in [0.1, 0.15) is 28.8 Å². The number of hydrogen-bond acceptors (Lipinski definition) is 6. The van der Waals surface area contributed by atoms with Gasteiger partial charge in [0.2, 0.25) is 0 Å². The van der Waals surface area contributed by atoms with Gasteiger partial charge in [-0.1, -0.05) is 18.2 Å². The molecule has 2 atom stereocenters. The van der Waals surface area contributed by atoms with Crippen LogP contribution in [0, 0.1) is 5.82 Å². The van der Waals surface area contributed by atoms with E-state index in [0.29, 0.717) is 49.1 Å². The van der Waals surface area contributed by atoms with Crippen molar-refractivity contribution in [1.29, 1.82) is 0 Å². The molecule has 2 aromatic carbocycles. The highest BCUT2D eigenvalue weighted by Crippen LogP contribution is 2.42. The lowest BCUT2D eigenvalue weighted by Crippen LogP contribution is -2.46. The van der Waals surface area contributed by atoms with Crippen LogP contribution >= 0.6 is 0 Å². The van der Waals surface area contributed by atoms with Crippen molar-refractivity contribution in [1.82, 2.24) is 5.32 Å². The Bertz CT molecular complexity index is 948. The van der Waals surface area contributed by atoms with Crippen molar-refractivity contribution in [2.24, 2.45) is 0 Å². The largest absolute Gasteiger partial charge is 0.477 e. The van der Waals surface area contributed by atoms with Crippen molar-refractivity contribution in [3.63, 3.8) is 0 Å². The number of carbonyl (C=O) groups is 1. The first kappa shape index (κ1) is 18.4. The zero-order valence-corrected chi connectivity index (χ0v) is 16.2. The Kier molecular flexibility index (Phi) is 4.64. The van der Waals surface area contributed by atoms with E-state index in [1.54, 1.807) is 6.07 Å². The van der Waals surface area contributed by atoms with Crippen LogP contribution in [0.3, 0.4) is 0 Å². The van der Waals surface area contributed by atoms with Crippen LogP contribution in [0.15, 0.2) is 30.3 Å². The van der Waals surface area contributed by atoms with E-state index < -0.39 is 11.8 Å². The van der Waals surface area contributed by atoms with Crippen LogP contribution in [-0.2, 0) is 16.0 Å². The summed E-state index contributed by atoms with van der Waals surface area (Å²) in [6.45, 7) is 2.27. The predicted octanol–water partition coefficient (Wildman–Crippen LogP) is 3.09. The highest BCUT2D eigenvalue weighted by molar-refractivity contribution is 5.97. The van der Waals surface area contributed by atoms with Crippen LogP contribution in [-0.4, -0.2) is 45.1 Å². The molecule has 2 bridgehead atoms. The number of nitrogens with zero attached hydrogens (tertiary/aromatic N) is 1. The maximum atomic E-state index is 15.2. The molecule has 0 saturated carbocycles. The molecule has 0 aliphatic carbocycles. The molecule has 1 N–H and O–H groups in total. The lowest BCUT2D eigenvalue weighted by atomic mass is 9.97. The van der Waals surface area contributed by atoms with E-state index in [1.165, 1.54) is 13.2 Å². The molecule has 3 heterocycles. The topological polar surface area (TPSA) is 60.0 Å². The summed E-state index contributed by atoms with van der Waals surface area (Å²) in [6, 6.07) is 9.16. The smallest absolute Gasteiger partial charge is 0.340 e. The number of halogens is 1. The van der Waals surface area contributed by atoms with Crippen molar-refractivity contribution in [2.75, 3.05) is 32.0 Å². The number of carbonyl (C=O) groups excluding carboxylic acids is 1. The average Bonchev–Trinajstić information content (AvgIpc) is 3.00. The fourth-order valence-corrected chi connectivity index (χ4v) is 4.69. The van der Waals surface area contributed by atoms with Crippen LogP contribution < -0.4 is 15.0 Å².